The van der Waals surface area contributed by atoms with E-state index in [0.29, 0.717) is 16.7 Å². The zero-order valence-corrected chi connectivity index (χ0v) is 36.2. The fraction of sp³-hybridized carbons (Fsp3) is 0.111. The molecular formula is C54H31F15N2. The Morgan fingerprint density at radius 3 is 0.634 bits per heavy atom. The summed E-state index contributed by atoms with van der Waals surface area (Å²) < 4.78 is 210. The van der Waals surface area contributed by atoms with E-state index < -0.39 is 58.7 Å². The van der Waals surface area contributed by atoms with Gasteiger partial charge in [-0.15, -0.1) is 0 Å². The molecule has 0 radical (unpaired) electrons. The van der Waals surface area contributed by atoms with Gasteiger partial charge in [0, 0.05) is 11.4 Å². The summed E-state index contributed by atoms with van der Waals surface area (Å²) in [5, 5.41) is 0. The number of hydrogen-bond acceptors (Lipinski definition) is 2. The molecule has 0 unspecified atom stereocenters. The highest BCUT2D eigenvalue weighted by molar-refractivity contribution is 6.08. The second-order valence-electron chi connectivity index (χ2n) is 16.6. The lowest BCUT2D eigenvalue weighted by Gasteiger charge is -2.42. The van der Waals surface area contributed by atoms with Crippen LogP contribution in [0.3, 0.4) is 0 Å². The third-order valence-electron chi connectivity index (χ3n) is 12.0. The molecule has 1 aliphatic rings. The third kappa shape index (κ3) is 9.52. The number of benzene rings is 8. The quantitative estimate of drug-likeness (QED) is 0.153. The van der Waals surface area contributed by atoms with Gasteiger partial charge in [0.15, 0.2) is 0 Å². The van der Waals surface area contributed by atoms with Crippen LogP contribution in [0.4, 0.5) is 100.0 Å². The van der Waals surface area contributed by atoms with Crippen molar-refractivity contribution in [2.45, 2.75) is 37.8 Å². The van der Waals surface area contributed by atoms with Gasteiger partial charge in [0.2, 0.25) is 0 Å². The number of hydrogen-bond donors (Lipinski definition) is 0. The Bertz CT molecular complexity index is 3240. The second kappa shape index (κ2) is 17.3. The van der Waals surface area contributed by atoms with Crippen LogP contribution in [0, 0.1) is 6.92 Å². The standard InChI is InChI=1S/C54H31F15N2/c1-30-2-4-31(5-3-30)42-26-46-47(27-43(42)32-6-12-35(13-7-32)50(55,56)57)71(41-24-20-39(21-25-41)54(67,68)69)49-29-45(34-10-16-37(17-11-34)52(61,62)63)44(33-8-14-36(15-9-33)51(58,59)60)28-48(49)70(46)40-22-18-38(19-23-40)53(64,65)66/h2-29H,1H3. The lowest BCUT2D eigenvalue weighted by molar-refractivity contribution is -0.138. The van der Waals surface area contributed by atoms with Gasteiger partial charge in [-0.1, -0.05) is 66.2 Å². The van der Waals surface area contributed by atoms with Crippen LogP contribution in [0.25, 0.3) is 44.5 Å². The molecule has 0 atom stereocenters. The van der Waals surface area contributed by atoms with Crippen molar-refractivity contribution in [2.24, 2.45) is 0 Å². The van der Waals surface area contributed by atoms with Crippen LogP contribution in [-0.4, -0.2) is 0 Å². The molecule has 2 nitrogen and oxygen atoms in total. The first-order valence-electron chi connectivity index (χ1n) is 21.2. The lowest BCUT2D eigenvalue weighted by atomic mass is 9.88. The van der Waals surface area contributed by atoms with Crippen molar-refractivity contribution >= 4 is 34.1 Å². The van der Waals surface area contributed by atoms with E-state index in [4.69, 9.17) is 0 Å². The summed E-state index contributed by atoms with van der Waals surface area (Å²) in [6.45, 7) is 1.81. The SMILES string of the molecule is Cc1ccc(-c2cc3c(cc2-c2ccc(C(F)(F)F)cc2)N(c2ccc(C(F)(F)F)cc2)c2cc(-c4ccc(C(F)(F)F)cc4)c(-c4ccc(C(F)(F)F)cc4)cc2N3c2ccc(C(F)(F)F)cc2)cc1. The van der Waals surface area contributed by atoms with Crippen LogP contribution in [-0.2, 0) is 30.9 Å². The van der Waals surface area contributed by atoms with Crippen molar-refractivity contribution in [3.63, 3.8) is 0 Å². The van der Waals surface area contributed by atoms with Gasteiger partial charge in [0.05, 0.1) is 50.6 Å². The van der Waals surface area contributed by atoms with Crippen LogP contribution in [0.1, 0.15) is 33.4 Å². The third-order valence-corrected chi connectivity index (χ3v) is 12.0. The molecule has 362 valence electrons. The van der Waals surface area contributed by atoms with E-state index in [1.54, 1.807) is 36.4 Å². The second-order valence-corrected chi connectivity index (χ2v) is 16.6. The smallest absolute Gasteiger partial charge is 0.306 e. The molecule has 0 N–H and O–H groups in total. The number of fused-ring (bicyclic) bond motifs is 2. The first kappa shape index (κ1) is 48.3. The molecule has 0 amide bonds. The van der Waals surface area contributed by atoms with Crippen molar-refractivity contribution in [1.29, 1.82) is 0 Å². The molecule has 0 spiro atoms. The summed E-state index contributed by atoms with van der Waals surface area (Å²) in [4.78, 5) is 3.01. The number of halogens is 15. The van der Waals surface area contributed by atoms with Crippen LogP contribution in [0.2, 0.25) is 0 Å². The average Bonchev–Trinajstić information content (AvgIpc) is 3.31. The summed E-state index contributed by atoms with van der Waals surface area (Å²) in [6, 6.07) is 32.7. The average molecular weight is 993 g/mol. The summed E-state index contributed by atoms with van der Waals surface area (Å²) in [5.41, 5.74) is -1.76. The number of anilines is 6. The fourth-order valence-electron chi connectivity index (χ4n) is 8.49. The molecule has 0 saturated carbocycles. The zero-order chi connectivity index (χ0) is 51.0. The Morgan fingerprint density at radius 1 is 0.254 bits per heavy atom. The summed E-state index contributed by atoms with van der Waals surface area (Å²) in [6.07, 6.45) is -23.9. The topological polar surface area (TPSA) is 6.48 Å². The maximum absolute atomic E-state index is 14.1. The van der Waals surface area contributed by atoms with Crippen molar-refractivity contribution < 1.29 is 65.9 Å². The van der Waals surface area contributed by atoms with Gasteiger partial charge in [-0.2, -0.15) is 65.9 Å². The minimum Gasteiger partial charge on any atom is -0.306 e. The van der Waals surface area contributed by atoms with Gasteiger partial charge in [0.1, 0.15) is 0 Å². The Labute approximate surface area is 394 Å². The predicted octanol–water partition coefficient (Wildman–Crippen LogP) is 19.0. The predicted molar refractivity (Wildman–Crippen MR) is 241 cm³/mol. The minimum atomic E-state index is -4.80. The molecule has 1 aliphatic heterocycles. The Balaban J connectivity index is 1.41. The summed E-state index contributed by atoms with van der Waals surface area (Å²) in [7, 11) is 0. The van der Waals surface area contributed by atoms with Gasteiger partial charge in [-0.25, -0.2) is 0 Å². The molecule has 0 aliphatic carbocycles. The first-order valence-corrected chi connectivity index (χ1v) is 21.2. The molecule has 1 heterocycles. The van der Waals surface area contributed by atoms with E-state index >= 15 is 0 Å². The minimum absolute atomic E-state index is 0.0506. The van der Waals surface area contributed by atoms with E-state index in [2.05, 4.69) is 0 Å². The van der Waals surface area contributed by atoms with Crippen molar-refractivity contribution in [2.75, 3.05) is 9.80 Å². The number of nitrogens with zero attached hydrogens (tertiary/aromatic N) is 2. The first-order chi connectivity index (χ1) is 33.3. The van der Waals surface area contributed by atoms with Gasteiger partial charge in [-0.3, -0.25) is 0 Å². The van der Waals surface area contributed by atoms with Gasteiger partial charge < -0.3 is 9.80 Å². The van der Waals surface area contributed by atoms with Crippen molar-refractivity contribution in [3.8, 4) is 44.5 Å². The number of rotatable bonds is 6. The molecule has 9 rings (SSSR count). The molecule has 0 saturated heterocycles. The Morgan fingerprint density at radius 2 is 0.437 bits per heavy atom. The van der Waals surface area contributed by atoms with Gasteiger partial charge >= 0.3 is 30.9 Å². The van der Waals surface area contributed by atoms with Crippen molar-refractivity contribution in [3.05, 3.63) is 203 Å². The molecular weight excluding hydrogens is 962 g/mol. The van der Waals surface area contributed by atoms with Gasteiger partial charge in [-0.05, 0) is 161 Å². The monoisotopic (exact) mass is 992 g/mol. The highest BCUT2D eigenvalue weighted by Gasteiger charge is 2.38. The molecule has 8 aromatic carbocycles. The van der Waals surface area contributed by atoms with Crippen LogP contribution >= 0.6 is 0 Å². The Hall–Kier alpha value is -7.69. The molecule has 0 bridgehead atoms. The molecule has 8 aromatic rings. The Kier molecular flexibility index (Phi) is 11.8. The number of alkyl halides is 15. The van der Waals surface area contributed by atoms with Gasteiger partial charge in [0.25, 0.3) is 0 Å². The number of aryl methyl sites for hydroxylation is 1. The van der Waals surface area contributed by atoms with E-state index in [1.807, 2.05) is 6.92 Å². The zero-order valence-electron chi connectivity index (χ0n) is 36.2. The summed E-state index contributed by atoms with van der Waals surface area (Å²) in [5.74, 6) is 0. The molecule has 0 fully saturated rings. The molecule has 0 aromatic heterocycles. The van der Waals surface area contributed by atoms with Crippen LogP contribution in [0.15, 0.2) is 170 Å². The van der Waals surface area contributed by atoms with Crippen molar-refractivity contribution in [1.82, 2.24) is 0 Å². The fourth-order valence-corrected chi connectivity index (χ4v) is 8.49. The highest BCUT2D eigenvalue weighted by Crippen LogP contribution is 2.59. The summed E-state index contributed by atoms with van der Waals surface area (Å²) >= 11 is 0. The molecule has 17 heteroatoms. The highest BCUT2D eigenvalue weighted by atomic mass is 19.4. The van der Waals surface area contributed by atoms with E-state index in [0.717, 1.165) is 115 Å². The van der Waals surface area contributed by atoms with Crippen LogP contribution in [0.5, 0.6) is 0 Å². The van der Waals surface area contributed by atoms with Crippen LogP contribution < -0.4 is 9.80 Å². The normalized spacial score (nSPS) is 13.3. The largest absolute Gasteiger partial charge is 0.416 e. The maximum atomic E-state index is 14.1. The lowest BCUT2D eigenvalue weighted by Crippen LogP contribution is -2.25. The molecule has 71 heavy (non-hydrogen) atoms. The van der Waals surface area contributed by atoms with E-state index in [1.165, 1.54) is 34.1 Å². The van der Waals surface area contributed by atoms with E-state index in [9.17, 15) is 65.9 Å². The maximum Gasteiger partial charge on any atom is 0.416 e. The van der Waals surface area contributed by atoms with E-state index in [-0.39, 0.29) is 61.9 Å².